The summed E-state index contributed by atoms with van der Waals surface area (Å²) in [5, 5.41) is 13.5. The number of anilines is 1. The average molecular weight is 334 g/mol. The predicted molar refractivity (Wildman–Crippen MR) is 88.8 cm³/mol. The quantitative estimate of drug-likeness (QED) is 0.772. The van der Waals surface area contributed by atoms with Crippen LogP contribution in [0.5, 0.6) is 5.75 Å². The van der Waals surface area contributed by atoms with Crippen LogP contribution >= 0.6 is 11.3 Å². The Labute approximate surface area is 138 Å². The number of hydrogen-bond acceptors (Lipinski definition) is 5. The van der Waals surface area contributed by atoms with Crippen molar-refractivity contribution in [3.05, 3.63) is 29.6 Å². The van der Waals surface area contributed by atoms with Crippen molar-refractivity contribution in [2.45, 2.75) is 26.2 Å². The second-order valence-corrected chi connectivity index (χ2v) is 5.68. The highest BCUT2D eigenvalue weighted by Crippen LogP contribution is 2.32. The largest absolute Gasteiger partial charge is 0.493 e. The number of thiazole rings is 1. The highest BCUT2D eigenvalue weighted by Gasteiger charge is 2.12. The summed E-state index contributed by atoms with van der Waals surface area (Å²) in [5.74, 6) is -0.603. The molecule has 0 atom stereocenters. The fraction of sp³-hybridized carbons (Fsp3) is 0.312. The summed E-state index contributed by atoms with van der Waals surface area (Å²) in [4.78, 5) is 26.5. The third-order valence-electron chi connectivity index (χ3n) is 2.94. The number of para-hydroxylation sites is 1. The van der Waals surface area contributed by atoms with E-state index >= 15 is 0 Å². The molecule has 1 amide bonds. The van der Waals surface area contributed by atoms with E-state index < -0.39 is 5.97 Å². The van der Waals surface area contributed by atoms with Crippen molar-refractivity contribution < 1.29 is 19.4 Å². The first-order valence-electron chi connectivity index (χ1n) is 7.29. The molecule has 0 fully saturated rings. The van der Waals surface area contributed by atoms with Crippen molar-refractivity contribution in [2.75, 3.05) is 11.9 Å². The minimum atomic E-state index is -0.998. The smallest absolute Gasteiger partial charge is 0.303 e. The van der Waals surface area contributed by atoms with Crippen LogP contribution in [0.3, 0.4) is 0 Å². The van der Waals surface area contributed by atoms with Gasteiger partial charge in [-0.15, -0.1) is 11.3 Å². The number of hydrogen-bond donors (Lipinski definition) is 2. The van der Waals surface area contributed by atoms with Crippen molar-refractivity contribution in [2.24, 2.45) is 0 Å². The molecule has 23 heavy (non-hydrogen) atoms. The molecule has 0 saturated heterocycles. The molecule has 122 valence electrons. The molecule has 6 nitrogen and oxygen atoms in total. The minimum absolute atomic E-state index is 0.0690. The maximum Gasteiger partial charge on any atom is 0.303 e. The number of nitrogens with one attached hydrogen (secondary N) is 1. The maximum atomic E-state index is 11.6. The summed E-state index contributed by atoms with van der Waals surface area (Å²) < 4.78 is 5.71. The minimum Gasteiger partial charge on any atom is -0.493 e. The molecular formula is C16H18N2O4S. The molecule has 7 heteroatoms. The van der Waals surface area contributed by atoms with Crippen molar-refractivity contribution in [3.8, 4) is 17.0 Å². The molecule has 2 rings (SSSR count). The molecule has 0 bridgehead atoms. The number of nitrogens with zero attached hydrogens (tertiary/aromatic N) is 1. The molecule has 1 aromatic heterocycles. The molecule has 0 radical (unpaired) electrons. The molecule has 0 unspecified atom stereocenters. The molecule has 0 saturated carbocycles. The van der Waals surface area contributed by atoms with E-state index in [1.54, 1.807) is 0 Å². The van der Waals surface area contributed by atoms with Crippen LogP contribution in [-0.2, 0) is 9.59 Å². The van der Waals surface area contributed by atoms with E-state index in [1.807, 2.05) is 36.6 Å². The molecule has 0 aliphatic rings. The molecule has 0 aliphatic heterocycles. The zero-order chi connectivity index (χ0) is 16.7. The van der Waals surface area contributed by atoms with Crippen LogP contribution in [0.2, 0.25) is 0 Å². The van der Waals surface area contributed by atoms with E-state index in [2.05, 4.69) is 10.3 Å². The molecular weight excluding hydrogens is 316 g/mol. The summed E-state index contributed by atoms with van der Waals surface area (Å²) in [5.41, 5.74) is 1.58. The predicted octanol–water partition coefficient (Wildman–Crippen LogP) is 3.40. The van der Waals surface area contributed by atoms with Crippen LogP contribution in [0.4, 0.5) is 5.13 Å². The van der Waals surface area contributed by atoms with Gasteiger partial charge >= 0.3 is 5.97 Å². The Morgan fingerprint density at radius 3 is 2.83 bits per heavy atom. The highest BCUT2D eigenvalue weighted by molar-refractivity contribution is 7.14. The van der Waals surface area contributed by atoms with Crippen LogP contribution in [0.15, 0.2) is 29.6 Å². The summed E-state index contributed by atoms with van der Waals surface area (Å²) in [7, 11) is 0. The zero-order valence-corrected chi connectivity index (χ0v) is 13.6. The second-order valence-electron chi connectivity index (χ2n) is 4.82. The van der Waals surface area contributed by atoms with E-state index in [1.165, 1.54) is 11.3 Å². The standard InChI is InChI=1S/C16H18N2O4S/c1-2-9-22-13-6-4-3-5-11(13)12-10-23-16(17-12)18-14(19)7-8-15(20)21/h3-6,10H,2,7-9H2,1H3,(H,20,21)(H,17,18,19). The normalized spacial score (nSPS) is 10.3. The Morgan fingerprint density at radius 2 is 2.09 bits per heavy atom. The van der Waals surface area contributed by atoms with Gasteiger partial charge in [-0.3, -0.25) is 9.59 Å². The fourth-order valence-electron chi connectivity index (χ4n) is 1.87. The molecule has 0 aliphatic carbocycles. The van der Waals surface area contributed by atoms with Gasteiger partial charge in [-0.25, -0.2) is 4.98 Å². The summed E-state index contributed by atoms with van der Waals surface area (Å²) in [6, 6.07) is 7.60. The van der Waals surface area contributed by atoms with E-state index in [9.17, 15) is 9.59 Å². The lowest BCUT2D eigenvalue weighted by Crippen LogP contribution is -2.12. The van der Waals surface area contributed by atoms with E-state index in [4.69, 9.17) is 9.84 Å². The Kier molecular flexibility index (Phi) is 6.10. The summed E-state index contributed by atoms with van der Waals surface area (Å²) in [6.45, 7) is 2.66. The van der Waals surface area contributed by atoms with Crippen molar-refractivity contribution in [1.29, 1.82) is 0 Å². The molecule has 0 spiro atoms. The van der Waals surface area contributed by atoms with Gasteiger partial charge in [0, 0.05) is 17.4 Å². The average Bonchev–Trinajstić information content (AvgIpc) is 2.99. The number of ether oxygens (including phenoxy) is 1. The SMILES string of the molecule is CCCOc1ccccc1-c1csc(NC(=O)CCC(=O)O)n1. The van der Waals surface area contributed by atoms with E-state index in [0.717, 1.165) is 23.4 Å². The van der Waals surface area contributed by atoms with Crippen LogP contribution in [0.25, 0.3) is 11.3 Å². The van der Waals surface area contributed by atoms with Gasteiger partial charge in [0.2, 0.25) is 5.91 Å². The summed E-state index contributed by atoms with van der Waals surface area (Å²) >= 11 is 1.29. The van der Waals surface area contributed by atoms with Gasteiger partial charge in [0.25, 0.3) is 0 Å². The Bertz CT molecular complexity index is 684. The van der Waals surface area contributed by atoms with Crippen molar-refractivity contribution >= 4 is 28.3 Å². The van der Waals surface area contributed by atoms with Gasteiger partial charge < -0.3 is 15.2 Å². The number of carboxylic acids is 1. The maximum absolute atomic E-state index is 11.6. The van der Waals surface area contributed by atoms with Crippen molar-refractivity contribution in [3.63, 3.8) is 0 Å². The number of aliphatic carboxylic acids is 1. The first-order valence-corrected chi connectivity index (χ1v) is 8.17. The molecule has 1 aromatic carbocycles. The third-order valence-corrected chi connectivity index (χ3v) is 3.70. The van der Waals surface area contributed by atoms with Gasteiger partial charge in [-0.05, 0) is 18.6 Å². The number of benzene rings is 1. The lowest BCUT2D eigenvalue weighted by molar-refractivity contribution is -0.138. The number of aromatic nitrogens is 1. The Balaban J connectivity index is 2.07. The number of amides is 1. The monoisotopic (exact) mass is 334 g/mol. The van der Waals surface area contributed by atoms with E-state index in [0.29, 0.717) is 11.7 Å². The first kappa shape index (κ1) is 17.0. The number of carboxylic acid groups (broad SMARTS) is 1. The molecule has 2 N–H and O–H groups in total. The third kappa shape index (κ3) is 5.07. The fourth-order valence-corrected chi connectivity index (χ4v) is 2.60. The number of carbonyl (C=O) groups excluding carboxylic acids is 1. The topological polar surface area (TPSA) is 88.5 Å². The lowest BCUT2D eigenvalue weighted by atomic mass is 10.1. The van der Waals surface area contributed by atoms with Gasteiger partial charge in [-0.2, -0.15) is 0 Å². The zero-order valence-electron chi connectivity index (χ0n) is 12.7. The van der Waals surface area contributed by atoms with Crippen LogP contribution in [0.1, 0.15) is 26.2 Å². The number of rotatable bonds is 8. The molecule has 2 aromatic rings. The Morgan fingerprint density at radius 1 is 1.30 bits per heavy atom. The lowest BCUT2D eigenvalue weighted by Gasteiger charge is -2.08. The van der Waals surface area contributed by atoms with Gasteiger partial charge in [0.15, 0.2) is 5.13 Å². The van der Waals surface area contributed by atoms with Crippen LogP contribution < -0.4 is 10.1 Å². The first-order chi connectivity index (χ1) is 11.1. The Hall–Kier alpha value is -2.41. The van der Waals surface area contributed by atoms with Gasteiger partial charge in [0.1, 0.15) is 5.75 Å². The van der Waals surface area contributed by atoms with Crippen molar-refractivity contribution in [1.82, 2.24) is 4.98 Å². The van der Waals surface area contributed by atoms with E-state index in [-0.39, 0.29) is 18.7 Å². The second kappa shape index (κ2) is 8.28. The number of carbonyl (C=O) groups is 2. The van der Waals surface area contributed by atoms with Gasteiger partial charge in [-0.1, -0.05) is 19.1 Å². The van der Waals surface area contributed by atoms with Gasteiger partial charge in [0.05, 0.1) is 18.7 Å². The molecule has 1 heterocycles. The van der Waals surface area contributed by atoms with Crippen LogP contribution in [-0.4, -0.2) is 28.6 Å². The highest BCUT2D eigenvalue weighted by atomic mass is 32.1. The van der Waals surface area contributed by atoms with Crippen LogP contribution in [0, 0.1) is 0 Å². The summed E-state index contributed by atoms with van der Waals surface area (Å²) in [6.07, 6.45) is 0.647.